The Balaban J connectivity index is 1.47. The summed E-state index contributed by atoms with van der Waals surface area (Å²) in [6.45, 7) is 3.04. The summed E-state index contributed by atoms with van der Waals surface area (Å²) < 4.78 is 5.26. The molecule has 4 heterocycles. The zero-order valence-electron chi connectivity index (χ0n) is 14.3. The van der Waals surface area contributed by atoms with Crippen molar-refractivity contribution in [1.82, 2.24) is 25.0 Å². The summed E-state index contributed by atoms with van der Waals surface area (Å²) in [5, 5.41) is 7.23. The first-order valence-electron chi connectivity index (χ1n) is 8.43. The van der Waals surface area contributed by atoms with Crippen LogP contribution in [0.25, 0.3) is 11.5 Å². The van der Waals surface area contributed by atoms with Gasteiger partial charge in [-0.25, -0.2) is 4.98 Å². The van der Waals surface area contributed by atoms with Crippen molar-refractivity contribution in [2.75, 3.05) is 18.4 Å². The molecule has 3 aromatic rings. The SMILES string of the molecule is Cc1noc(-c2cccnc2NC2CCN(C(=O)c3ccccn3)C2)n1. The van der Waals surface area contributed by atoms with Gasteiger partial charge in [0.2, 0.25) is 0 Å². The molecular formula is C18H18N6O2. The molecule has 1 unspecified atom stereocenters. The lowest BCUT2D eigenvalue weighted by molar-refractivity contribution is 0.0786. The Morgan fingerprint density at radius 3 is 2.88 bits per heavy atom. The van der Waals surface area contributed by atoms with Gasteiger partial charge in [-0.15, -0.1) is 0 Å². The van der Waals surface area contributed by atoms with Gasteiger partial charge in [0, 0.05) is 31.5 Å². The molecule has 0 saturated carbocycles. The van der Waals surface area contributed by atoms with E-state index < -0.39 is 0 Å². The lowest BCUT2D eigenvalue weighted by Crippen LogP contribution is -2.32. The van der Waals surface area contributed by atoms with Gasteiger partial charge in [-0.05, 0) is 37.6 Å². The predicted molar refractivity (Wildman–Crippen MR) is 94.4 cm³/mol. The van der Waals surface area contributed by atoms with Gasteiger partial charge < -0.3 is 14.7 Å². The topological polar surface area (TPSA) is 97.0 Å². The summed E-state index contributed by atoms with van der Waals surface area (Å²) in [5.41, 5.74) is 1.22. The van der Waals surface area contributed by atoms with Crippen molar-refractivity contribution < 1.29 is 9.32 Å². The van der Waals surface area contributed by atoms with Crippen molar-refractivity contribution in [3.63, 3.8) is 0 Å². The fraction of sp³-hybridized carbons (Fsp3) is 0.278. The van der Waals surface area contributed by atoms with Crippen LogP contribution >= 0.6 is 0 Å². The van der Waals surface area contributed by atoms with Crippen LogP contribution in [0.4, 0.5) is 5.82 Å². The molecule has 1 aliphatic heterocycles. The average Bonchev–Trinajstić information content (AvgIpc) is 3.31. The number of likely N-dealkylation sites (tertiary alicyclic amines) is 1. The molecule has 4 rings (SSSR count). The molecule has 1 aliphatic rings. The van der Waals surface area contributed by atoms with Crippen LogP contribution in [0, 0.1) is 6.92 Å². The second kappa shape index (κ2) is 6.91. The van der Waals surface area contributed by atoms with Crippen molar-refractivity contribution in [3.05, 3.63) is 54.2 Å². The molecule has 1 fully saturated rings. The first-order valence-corrected chi connectivity index (χ1v) is 8.43. The molecule has 3 aromatic heterocycles. The lowest BCUT2D eigenvalue weighted by atomic mass is 10.2. The average molecular weight is 350 g/mol. The zero-order chi connectivity index (χ0) is 17.9. The highest BCUT2D eigenvalue weighted by molar-refractivity contribution is 5.92. The number of carbonyl (C=O) groups excluding carboxylic acids is 1. The molecular weight excluding hydrogens is 332 g/mol. The maximum Gasteiger partial charge on any atom is 0.272 e. The van der Waals surface area contributed by atoms with E-state index in [1.54, 1.807) is 36.4 Å². The van der Waals surface area contributed by atoms with Gasteiger partial charge in [0.25, 0.3) is 11.8 Å². The van der Waals surface area contributed by atoms with Crippen LogP contribution in [0.1, 0.15) is 22.7 Å². The summed E-state index contributed by atoms with van der Waals surface area (Å²) in [5.74, 6) is 1.62. The van der Waals surface area contributed by atoms with E-state index in [4.69, 9.17) is 4.52 Å². The van der Waals surface area contributed by atoms with Crippen LogP contribution in [0.5, 0.6) is 0 Å². The zero-order valence-corrected chi connectivity index (χ0v) is 14.3. The van der Waals surface area contributed by atoms with Crippen LogP contribution in [0.3, 0.4) is 0 Å². The van der Waals surface area contributed by atoms with Crippen LogP contribution in [0.2, 0.25) is 0 Å². The third-order valence-corrected chi connectivity index (χ3v) is 4.27. The minimum Gasteiger partial charge on any atom is -0.365 e. The Morgan fingerprint density at radius 1 is 1.23 bits per heavy atom. The number of pyridine rings is 2. The molecule has 8 nitrogen and oxygen atoms in total. The molecule has 0 aliphatic carbocycles. The summed E-state index contributed by atoms with van der Waals surface area (Å²) >= 11 is 0. The van der Waals surface area contributed by atoms with Gasteiger partial charge in [-0.2, -0.15) is 4.98 Å². The molecule has 0 radical (unpaired) electrons. The van der Waals surface area contributed by atoms with Gasteiger partial charge in [-0.1, -0.05) is 11.2 Å². The van der Waals surface area contributed by atoms with E-state index >= 15 is 0 Å². The Hall–Kier alpha value is -3.29. The van der Waals surface area contributed by atoms with E-state index in [0.717, 1.165) is 12.0 Å². The molecule has 8 heteroatoms. The number of rotatable bonds is 4. The Kier molecular flexibility index (Phi) is 4.30. The van der Waals surface area contributed by atoms with Crippen molar-refractivity contribution in [2.24, 2.45) is 0 Å². The molecule has 26 heavy (non-hydrogen) atoms. The summed E-state index contributed by atoms with van der Waals surface area (Å²) in [4.78, 5) is 27.1. The van der Waals surface area contributed by atoms with E-state index in [9.17, 15) is 4.79 Å². The van der Waals surface area contributed by atoms with Crippen LogP contribution in [-0.2, 0) is 0 Å². The molecule has 1 N–H and O–H groups in total. The second-order valence-electron chi connectivity index (χ2n) is 6.14. The number of amides is 1. The van der Waals surface area contributed by atoms with Crippen molar-refractivity contribution in [2.45, 2.75) is 19.4 Å². The van der Waals surface area contributed by atoms with Gasteiger partial charge in [-0.3, -0.25) is 9.78 Å². The molecule has 1 saturated heterocycles. The van der Waals surface area contributed by atoms with Crippen LogP contribution in [0.15, 0.2) is 47.2 Å². The minimum absolute atomic E-state index is 0.0522. The number of nitrogens with one attached hydrogen (secondary N) is 1. The second-order valence-corrected chi connectivity index (χ2v) is 6.14. The first kappa shape index (κ1) is 16.2. The third-order valence-electron chi connectivity index (χ3n) is 4.27. The smallest absolute Gasteiger partial charge is 0.272 e. The summed E-state index contributed by atoms with van der Waals surface area (Å²) in [7, 11) is 0. The molecule has 0 aromatic carbocycles. The normalized spacial score (nSPS) is 16.7. The van der Waals surface area contributed by atoms with E-state index in [1.165, 1.54) is 0 Å². The van der Waals surface area contributed by atoms with Gasteiger partial charge in [0.1, 0.15) is 11.5 Å². The predicted octanol–water partition coefficient (Wildman–Crippen LogP) is 2.16. The lowest BCUT2D eigenvalue weighted by Gasteiger charge is -2.17. The maximum atomic E-state index is 12.5. The fourth-order valence-corrected chi connectivity index (χ4v) is 3.01. The van der Waals surface area contributed by atoms with E-state index in [-0.39, 0.29) is 11.9 Å². The van der Waals surface area contributed by atoms with Crippen molar-refractivity contribution in [1.29, 1.82) is 0 Å². The number of aromatic nitrogens is 4. The van der Waals surface area contributed by atoms with Gasteiger partial charge >= 0.3 is 0 Å². The fourth-order valence-electron chi connectivity index (χ4n) is 3.01. The molecule has 1 amide bonds. The Morgan fingerprint density at radius 2 is 2.12 bits per heavy atom. The van der Waals surface area contributed by atoms with Crippen molar-refractivity contribution in [3.8, 4) is 11.5 Å². The van der Waals surface area contributed by atoms with Crippen molar-refractivity contribution >= 4 is 11.7 Å². The summed E-state index contributed by atoms with van der Waals surface area (Å²) in [6.07, 6.45) is 4.17. The van der Waals surface area contributed by atoms with Gasteiger partial charge in [0.05, 0.1) is 5.56 Å². The number of hydrogen-bond donors (Lipinski definition) is 1. The first-order chi connectivity index (χ1) is 12.7. The highest BCUT2D eigenvalue weighted by atomic mass is 16.5. The molecule has 0 bridgehead atoms. The quantitative estimate of drug-likeness (QED) is 0.770. The monoisotopic (exact) mass is 350 g/mol. The third kappa shape index (κ3) is 3.26. The number of hydrogen-bond acceptors (Lipinski definition) is 7. The Labute approximate surface area is 150 Å². The molecule has 0 spiro atoms. The number of carbonyl (C=O) groups is 1. The van der Waals surface area contributed by atoms with E-state index in [2.05, 4.69) is 25.4 Å². The number of anilines is 1. The van der Waals surface area contributed by atoms with Crippen LogP contribution in [-0.4, -0.2) is 50.0 Å². The highest BCUT2D eigenvalue weighted by Crippen LogP contribution is 2.26. The largest absolute Gasteiger partial charge is 0.365 e. The summed E-state index contributed by atoms with van der Waals surface area (Å²) in [6, 6.07) is 9.16. The standard InChI is InChI=1S/C18H18N6O2/c1-12-21-17(26-23-12)14-5-4-9-20-16(14)22-13-7-10-24(11-13)18(25)15-6-2-3-8-19-15/h2-6,8-9,13H,7,10-11H2,1H3,(H,20,22). The minimum atomic E-state index is -0.0522. The highest BCUT2D eigenvalue weighted by Gasteiger charge is 2.28. The van der Waals surface area contributed by atoms with Crippen LogP contribution < -0.4 is 5.32 Å². The Bertz CT molecular complexity index is 911. The van der Waals surface area contributed by atoms with Gasteiger partial charge in [0.15, 0.2) is 5.82 Å². The molecule has 1 atom stereocenters. The van der Waals surface area contributed by atoms with E-state index in [0.29, 0.717) is 36.3 Å². The van der Waals surface area contributed by atoms with E-state index in [1.807, 2.05) is 18.2 Å². The molecule has 132 valence electrons. The number of aryl methyl sites for hydroxylation is 1. The maximum absolute atomic E-state index is 12.5. The number of nitrogens with zero attached hydrogens (tertiary/aromatic N) is 5.